The molecule has 0 aliphatic heterocycles. The summed E-state index contributed by atoms with van der Waals surface area (Å²) in [6, 6.07) is 6.46. The first-order valence-corrected chi connectivity index (χ1v) is 5.86. The molecule has 0 saturated heterocycles. The van der Waals surface area contributed by atoms with Gasteiger partial charge in [0.1, 0.15) is 0 Å². The van der Waals surface area contributed by atoms with Gasteiger partial charge in [0.15, 0.2) is 0 Å². The van der Waals surface area contributed by atoms with E-state index in [0.29, 0.717) is 27.4 Å². The molecule has 1 saturated carbocycles. The third kappa shape index (κ3) is 1.77. The Hall–Kier alpha value is -0.240. The lowest BCUT2D eigenvalue weighted by molar-refractivity contribution is 0.567. The maximum atomic E-state index is 6.02. The Morgan fingerprint density at radius 2 is 1.87 bits per heavy atom. The third-order valence-corrected chi connectivity index (χ3v) is 4.18. The van der Waals surface area contributed by atoms with Gasteiger partial charge in [-0.3, -0.25) is 0 Å². The van der Waals surface area contributed by atoms with Crippen LogP contribution >= 0.6 is 23.2 Å². The number of halogens is 2. The summed E-state index contributed by atoms with van der Waals surface area (Å²) in [5.74, 6) is 0.539. The molecular formula is C12H15Cl2N. The molecule has 1 N–H and O–H groups in total. The van der Waals surface area contributed by atoms with Crippen molar-refractivity contribution in [2.75, 3.05) is 7.05 Å². The van der Waals surface area contributed by atoms with Crippen LogP contribution in [-0.2, 0) is 0 Å². The molecule has 15 heavy (non-hydrogen) atoms. The highest BCUT2D eigenvalue weighted by Gasteiger charge is 2.57. The van der Waals surface area contributed by atoms with E-state index in [9.17, 15) is 0 Å². The fraction of sp³-hybridized carbons (Fsp3) is 0.500. The first-order valence-electron chi connectivity index (χ1n) is 5.10. The Balaban J connectivity index is 2.29. The maximum absolute atomic E-state index is 6.02. The van der Waals surface area contributed by atoms with Crippen LogP contribution in [-0.4, -0.2) is 13.1 Å². The van der Waals surface area contributed by atoms with Gasteiger partial charge in [-0.15, -0.1) is 0 Å². The molecule has 1 nitrogen and oxygen atoms in total. The van der Waals surface area contributed by atoms with Gasteiger partial charge in [0.25, 0.3) is 0 Å². The second kappa shape index (κ2) is 3.65. The predicted octanol–water partition coefficient (Wildman–Crippen LogP) is 3.70. The van der Waals surface area contributed by atoms with Crippen molar-refractivity contribution in [1.29, 1.82) is 0 Å². The fourth-order valence-electron chi connectivity index (χ4n) is 2.50. The smallest absolute Gasteiger partial charge is 0.0595 e. The van der Waals surface area contributed by atoms with Crippen LogP contribution in [0.25, 0.3) is 0 Å². The Morgan fingerprint density at radius 3 is 2.33 bits per heavy atom. The van der Waals surface area contributed by atoms with Crippen molar-refractivity contribution < 1.29 is 0 Å². The summed E-state index contributed by atoms with van der Waals surface area (Å²) >= 11 is 11.9. The lowest BCUT2D eigenvalue weighted by Gasteiger charge is -2.04. The number of hydrogen-bond donors (Lipinski definition) is 1. The van der Waals surface area contributed by atoms with E-state index in [-0.39, 0.29) is 0 Å². The maximum Gasteiger partial charge on any atom is 0.0595 e. The van der Waals surface area contributed by atoms with Gasteiger partial charge in [0.05, 0.1) is 10.0 Å². The SMILES string of the molecule is CNC1C(c2ccc(Cl)c(Cl)c2)C1(C)C. The molecule has 2 atom stereocenters. The van der Waals surface area contributed by atoms with Gasteiger partial charge < -0.3 is 5.32 Å². The van der Waals surface area contributed by atoms with E-state index in [1.165, 1.54) is 5.56 Å². The first-order chi connectivity index (χ1) is 6.98. The average molecular weight is 244 g/mol. The van der Waals surface area contributed by atoms with Gasteiger partial charge in [0, 0.05) is 12.0 Å². The van der Waals surface area contributed by atoms with Crippen molar-refractivity contribution in [3.8, 4) is 0 Å². The number of rotatable bonds is 2. The minimum Gasteiger partial charge on any atom is -0.316 e. The lowest BCUT2D eigenvalue weighted by atomic mass is 10.0. The zero-order valence-electron chi connectivity index (χ0n) is 9.14. The summed E-state index contributed by atoms with van der Waals surface area (Å²) < 4.78 is 0. The molecule has 1 aliphatic carbocycles. The van der Waals surface area contributed by atoms with Gasteiger partial charge in [-0.25, -0.2) is 0 Å². The van der Waals surface area contributed by atoms with E-state index < -0.39 is 0 Å². The number of likely N-dealkylation sites (N-methyl/N-ethyl adjacent to an activating group) is 1. The van der Waals surface area contributed by atoms with Gasteiger partial charge in [-0.2, -0.15) is 0 Å². The highest BCUT2D eigenvalue weighted by molar-refractivity contribution is 6.42. The van der Waals surface area contributed by atoms with Crippen molar-refractivity contribution in [2.24, 2.45) is 5.41 Å². The summed E-state index contributed by atoms with van der Waals surface area (Å²) in [4.78, 5) is 0. The van der Waals surface area contributed by atoms with Crippen molar-refractivity contribution in [3.05, 3.63) is 33.8 Å². The minimum atomic E-state index is 0.311. The zero-order chi connectivity index (χ0) is 11.2. The lowest BCUT2D eigenvalue weighted by Crippen LogP contribution is -2.14. The van der Waals surface area contributed by atoms with Crippen LogP contribution < -0.4 is 5.32 Å². The molecular weight excluding hydrogens is 229 g/mol. The van der Waals surface area contributed by atoms with Crippen molar-refractivity contribution in [2.45, 2.75) is 25.8 Å². The molecule has 1 aliphatic rings. The highest BCUT2D eigenvalue weighted by Crippen LogP contribution is 2.58. The Morgan fingerprint density at radius 1 is 1.20 bits per heavy atom. The van der Waals surface area contributed by atoms with E-state index in [0.717, 1.165) is 0 Å². The summed E-state index contributed by atoms with van der Waals surface area (Å²) in [6.07, 6.45) is 0. The first kappa shape index (κ1) is 11.3. The molecule has 0 radical (unpaired) electrons. The second-order valence-electron chi connectivity index (χ2n) is 4.74. The summed E-state index contributed by atoms with van der Waals surface area (Å²) in [6.45, 7) is 4.53. The van der Waals surface area contributed by atoms with Crippen LogP contribution in [0.3, 0.4) is 0 Å². The van der Waals surface area contributed by atoms with Gasteiger partial charge in [-0.1, -0.05) is 43.1 Å². The summed E-state index contributed by atoms with van der Waals surface area (Å²) in [5, 5.41) is 4.61. The van der Waals surface area contributed by atoms with Gasteiger partial charge in [-0.05, 0) is 30.2 Å². The number of benzene rings is 1. The van der Waals surface area contributed by atoms with Crippen molar-refractivity contribution in [1.82, 2.24) is 5.32 Å². The standard InChI is InChI=1S/C12H15Cl2N/c1-12(2)10(11(12)15-3)7-4-5-8(13)9(14)6-7/h4-6,10-11,15H,1-3H3. The highest BCUT2D eigenvalue weighted by atomic mass is 35.5. The zero-order valence-corrected chi connectivity index (χ0v) is 10.7. The van der Waals surface area contributed by atoms with E-state index in [1.54, 1.807) is 0 Å². The molecule has 1 fully saturated rings. The molecule has 0 bridgehead atoms. The van der Waals surface area contributed by atoms with E-state index in [2.05, 4.69) is 25.2 Å². The molecule has 0 heterocycles. The molecule has 3 heteroatoms. The molecule has 2 unspecified atom stereocenters. The molecule has 1 aromatic rings. The predicted molar refractivity (Wildman–Crippen MR) is 65.8 cm³/mol. The van der Waals surface area contributed by atoms with Crippen molar-refractivity contribution >= 4 is 23.2 Å². The molecule has 0 amide bonds. The monoisotopic (exact) mass is 243 g/mol. The normalized spacial score (nSPS) is 27.8. The van der Waals surface area contributed by atoms with Gasteiger partial charge >= 0.3 is 0 Å². The summed E-state index contributed by atoms with van der Waals surface area (Å²) in [5.41, 5.74) is 1.58. The van der Waals surface area contributed by atoms with Crippen LogP contribution in [0.4, 0.5) is 0 Å². The van der Waals surface area contributed by atoms with E-state index in [4.69, 9.17) is 23.2 Å². The second-order valence-corrected chi connectivity index (χ2v) is 5.55. The number of hydrogen-bond acceptors (Lipinski definition) is 1. The van der Waals surface area contributed by atoms with Crippen LogP contribution in [0, 0.1) is 5.41 Å². The van der Waals surface area contributed by atoms with Crippen LogP contribution in [0.1, 0.15) is 25.3 Å². The van der Waals surface area contributed by atoms with Crippen LogP contribution in [0.15, 0.2) is 18.2 Å². The molecule has 0 aromatic heterocycles. The van der Waals surface area contributed by atoms with Crippen LogP contribution in [0.2, 0.25) is 10.0 Å². The largest absolute Gasteiger partial charge is 0.316 e. The molecule has 82 valence electrons. The Labute approximate surface area is 101 Å². The fourth-order valence-corrected chi connectivity index (χ4v) is 2.81. The number of nitrogens with one attached hydrogen (secondary N) is 1. The Kier molecular flexibility index (Phi) is 2.74. The van der Waals surface area contributed by atoms with Gasteiger partial charge in [0.2, 0.25) is 0 Å². The Bertz CT molecular complexity index is 387. The molecule has 2 rings (SSSR count). The van der Waals surface area contributed by atoms with Crippen LogP contribution in [0.5, 0.6) is 0 Å². The summed E-state index contributed by atoms with van der Waals surface area (Å²) in [7, 11) is 2.00. The van der Waals surface area contributed by atoms with E-state index in [1.807, 2.05) is 19.2 Å². The average Bonchev–Trinajstić information content (AvgIpc) is 2.73. The molecule has 0 spiro atoms. The minimum absolute atomic E-state index is 0.311. The molecule has 1 aromatic carbocycles. The van der Waals surface area contributed by atoms with Crippen molar-refractivity contribution in [3.63, 3.8) is 0 Å². The quantitative estimate of drug-likeness (QED) is 0.836. The van der Waals surface area contributed by atoms with E-state index >= 15 is 0 Å². The third-order valence-electron chi connectivity index (χ3n) is 3.44. The topological polar surface area (TPSA) is 12.0 Å².